The third-order valence-corrected chi connectivity index (χ3v) is 2.75. The maximum absolute atomic E-state index is 7.03. The molecular formula is C11H11N5S. The largest absolute Gasteiger partial charge is 0.360 e. The molecular weight excluding hydrogens is 234 g/mol. The van der Waals surface area contributed by atoms with Crippen molar-refractivity contribution in [3.63, 3.8) is 0 Å². The molecule has 2 rings (SSSR count). The predicted octanol–water partition coefficient (Wildman–Crippen LogP) is 2.55. The van der Waals surface area contributed by atoms with E-state index in [0.29, 0.717) is 16.8 Å². The molecule has 0 aliphatic heterocycles. The lowest BCUT2D eigenvalue weighted by molar-refractivity contribution is 0.780. The Kier molecular flexibility index (Phi) is 3.11. The third kappa shape index (κ3) is 2.29. The summed E-state index contributed by atoms with van der Waals surface area (Å²) in [5, 5.41) is 4.93. The van der Waals surface area contributed by atoms with Crippen molar-refractivity contribution in [2.24, 2.45) is 0 Å². The van der Waals surface area contributed by atoms with Crippen LogP contribution in [0.1, 0.15) is 11.4 Å². The molecule has 0 fully saturated rings. The normalized spacial score (nSPS) is 10.2. The summed E-state index contributed by atoms with van der Waals surface area (Å²) in [4.78, 5) is 11.8. The summed E-state index contributed by atoms with van der Waals surface area (Å²) in [5.41, 5.74) is 1.92. The fraction of sp³-hybridized carbons (Fsp3) is 0.273. The van der Waals surface area contributed by atoms with Crippen molar-refractivity contribution >= 4 is 17.6 Å². The van der Waals surface area contributed by atoms with Crippen LogP contribution < -0.4 is 0 Å². The Morgan fingerprint density at radius 3 is 2.59 bits per heavy atom. The van der Waals surface area contributed by atoms with Crippen molar-refractivity contribution in [1.82, 2.24) is 19.7 Å². The Morgan fingerprint density at radius 2 is 2.06 bits per heavy atom. The van der Waals surface area contributed by atoms with E-state index >= 15 is 0 Å². The van der Waals surface area contributed by atoms with Gasteiger partial charge >= 0.3 is 0 Å². The Hall–Kier alpha value is -1.87. The Balaban J connectivity index is 2.59. The molecule has 86 valence electrons. The predicted molar refractivity (Wildman–Crippen MR) is 66.7 cm³/mol. The van der Waals surface area contributed by atoms with Crippen LogP contribution in [0.3, 0.4) is 0 Å². The monoisotopic (exact) mass is 245 g/mol. The molecule has 0 aliphatic carbocycles. The average Bonchev–Trinajstić information content (AvgIpc) is 2.67. The van der Waals surface area contributed by atoms with Crippen molar-refractivity contribution in [3.8, 4) is 5.82 Å². The number of hydrogen-bond acceptors (Lipinski definition) is 4. The zero-order valence-corrected chi connectivity index (χ0v) is 10.6. The van der Waals surface area contributed by atoms with Crippen LogP contribution >= 0.6 is 11.8 Å². The number of aryl methyl sites for hydroxylation is 2. The first-order valence-electron chi connectivity index (χ1n) is 4.98. The fourth-order valence-electron chi connectivity index (χ4n) is 1.52. The molecule has 0 radical (unpaired) electrons. The van der Waals surface area contributed by atoms with Crippen molar-refractivity contribution < 1.29 is 0 Å². The second kappa shape index (κ2) is 4.55. The highest BCUT2D eigenvalue weighted by Crippen LogP contribution is 2.19. The van der Waals surface area contributed by atoms with E-state index in [4.69, 9.17) is 6.57 Å². The lowest BCUT2D eigenvalue weighted by atomic mass is 10.4. The lowest BCUT2D eigenvalue weighted by Gasteiger charge is -2.03. The minimum atomic E-state index is 0.340. The van der Waals surface area contributed by atoms with Gasteiger partial charge in [-0.2, -0.15) is 10.1 Å². The van der Waals surface area contributed by atoms with Gasteiger partial charge in [-0.15, -0.1) is 0 Å². The van der Waals surface area contributed by atoms with E-state index < -0.39 is 0 Å². The summed E-state index contributed by atoms with van der Waals surface area (Å²) < 4.78 is 1.73. The van der Waals surface area contributed by atoms with Crippen molar-refractivity contribution in [1.29, 1.82) is 0 Å². The Labute approximate surface area is 104 Å². The molecule has 2 aromatic rings. The highest BCUT2D eigenvalue weighted by Gasteiger charge is 2.10. The molecule has 0 N–H and O–H groups in total. The Bertz CT molecular complexity index is 596. The molecule has 0 amide bonds. The van der Waals surface area contributed by atoms with E-state index in [0.717, 1.165) is 11.4 Å². The molecule has 0 saturated heterocycles. The smallest absolute Gasteiger partial charge is 0.283 e. The van der Waals surface area contributed by atoms with Gasteiger partial charge in [0.15, 0.2) is 0 Å². The molecule has 0 aromatic carbocycles. The molecule has 0 atom stereocenters. The molecule has 0 spiro atoms. The summed E-state index contributed by atoms with van der Waals surface area (Å²) in [7, 11) is 0. The van der Waals surface area contributed by atoms with Crippen LogP contribution in [0.25, 0.3) is 10.7 Å². The average molecular weight is 245 g/mol. The minimum absolute atomic E-state index is 0.340. The number of rotatable bonds is 2. The van der Waals surface area contributed by atoms with E-state index in [1.165, 1.54) is 11.8 Å². The van der Waals surface area contributed by atoms with E-state index in [2.05, 4.69) is 19.9 Å². The number of nitrogens with zero attached hydrogens (tertiary/aromatic N) is 5. The molecule has 6 heteroatoms. The van der Waals surface area contributed by atoms with Gasteiger partial charge in [-0.05, 0) is 26.2 Å². The highest BCUT2D eigenvalue weighted by atomic mass is 32.2. The van der Waals surface area contributed by atoms with Gasteiger partial charge < -0.3 is 4.85 Å². The maximum Gasteiger partial charge on any atom is 0.283 e. The van der Waals surface area contributed by atoms with Gasteiger partial charge in [-0.3, -0.25) is 0 Å². The summed E-state index contributed by atoms with van der Waals surface area (Å²) in [6, 6.07) is 3.62. The van der Waals surface area contributed by atoms with Crippen LogP contribution in [-0.4, -0.2) is 26.0 Å². The van der Waals surface area contributed by atoms with Gasteiger partial charge in [0, 0.05) is 11.8 Å². The SMILES string of the molecule is [C-]#[N+]c1cc(-n2nc(C)cc2C)nc(SC)n1. The highest BCUT2D eigenvalue weighted by molar-refractivity contribution is 7.98. The third-order valence-electron chi connectivity index (χ3n) is 2.20. The van der Waals surface area contributed by atoms with Crippen LogP contribution in [0.2, 0.25) is 0 Å². The van der Waals surface area contributed by atoms with Crippen LogP contribution in [0.5, 0.6) is 0 Å². The number of thioether (sulfide) groups is 1. The van der Waals surface area contributed by atoms with Crippen LogP contribution in [0, 0.1) is 20.4 Å². The Morgan fingerprint density at radius 1 is 1.29 bits per heavy atom. The summed E-state index contributed by atoms with van der Waals surface area (Å²) in [6.07, 6.45) is 1.88. The zero-order chi connectivity index (χ0) is 12.4. The summed E-state index contributed by atoms with van der Waals surface area (Å²) in [6.45, 7) is 10.9. The van der Waals surface area contributed by atoms with Gasteiger partial charge in [0.05, 0.1) is 5.69 Å². The van der Waals surface area contributed by atoms with Crippen molar-refractivity contribution in [2.75, 3.05) is 6.26 Å². The standard InChI is InChI=1S/C11H11N5S/c1-7-5-8(2)16(15-7)10-6-9(12-3)13-11(14-10)17-4/h5-6H,1-2,4H3. The summed E-state index contributed by atoms with van der Waals surface area (Å²) in [5.74, 6) is 0.979. The van der Waals surface area contributed by atoms with Gasteiger partial charge in [0.1, 0.15) is 5.82 Å². The van der Waals surface area contributed by atoms with Gasteiger partial charge in [0.25, 0.3) is 11.0 Å². The van der Waals surface area contributed by atoms with E-state index in [9.17, 15) is 0 Å². The fourth-order valence-corrected chi connectivity index (χ4v) is 1.89. The maximum atomic E-state index is 7.03. The first kappa shape index (κ1) is 11.6. The second-order valence-electron chi connectivity index (χ2n) is 3.52. The molecule has 0 aliphatic rings. The molecule has 0 saturated carbocycles. The first-order valence-corrected chi connectivity index (χ1v) is 6.20. The minimum Gasteiger partial charge on any atom is -0.360 e. The van der Waals surface area contributed by atoms with E-state index in [1.807, 2.05) is 26.2 Å². The molecule has 5 nitrogen and oxygen atoms in total. The lowest BCUT2D eigenvalue weighted by Crippen LogP contribution is -2.03. The van der Waals surface area contributed by atoms with Crippen LogP contribution in [0.15, 0.2) is 17.3 Å². The topological polar surface area (TPSA) is 48.0 Å². The van der Waals surface area contributed by atoms with E-state index in [1.54, 1.807) is 10.7 Å². The number of aromatic nitrogens is 4. The summed E-state index contributed by atoms with van der Waals surface area (Å²) >= 11 is 1.41. The van der Waals surface area contributed by atoms with Gasteiger partial charge in [-0.1, -0.05) is 23.3 Å². The van der Waals surface area contributed by atoms with Crippen LogP contribution in [-0.2, 0) is 0 Å². The van der Waals surface area contributed by atoms with Crippen molar-refractivity contribution in [3.05, 3.63) is 34.9 Å². The molecule has 2 aromatic heterocycles. The quantitative estimate of drug-likeness (QED) is 0.463. The molecule has 2 heterocycles. The van der Waals surface area contributed by atoms with E-state index in [-0.39, 0.29) is 0 Å². The zero-order valence-electron chi connectivity index (χ0n) is 9.80. The van der Waals surface area contributed by atoms with Crippen LogP contribution in [0.4, 0.5) is 5.82 Å². The van der Waals surface area contributed by atoms with Crippen molar-refractivity contribution in [2.45, 2.75) is 19.0 Å². The molecule has 0 bridgehead atoms. The van der Waals surface area contributed by atoms with Gasteiger partial charge in [-0.25, -0.2) is 4.68 Å². The number of hydrogen-bond donors (Lipinski definition) is 0. The second-order valence-corrected chi connectivity index (χ2v) is 4.30. The van der Waals surface area contributed by atoms with Gasteiger partial charge in [0.2, 0.25) is 0 Å². The molecule has 0 unspecified atom stereocenters. The first-order chi connectivity index (χ1) is 8.13. The molecule has 17 heavy (non-hydrogen) atoms.